The number of aromatic nitrogens is 2. The maximum Gasteiger partial charge on any atom is 0.121 e. The molecule has 84 valence electrons. The van der Waals surface area contributed by atoms with Crippen molar-refractivity contribution in [2.45, 2.75) is 10.8 Å². The van der Waals surface area contributed by atoms with E-state index in [1.807, 2.05) is 30.3 Å². The van der Waals surface area contributed by atoms with E-state index < -0.39 is 0 Å². The second kappa shape index (κ2) is 5.62. The molecular formula is C12H9N3S2. The van der Waals surface area contributed by atoms with Gasteiger partial charge in [0.2, 0.25) is 0 Å². The van der Waals surface area contributed by atoms with Gasteiger partial charge in [-0.3, -0.25) is 0 Å². The van der Waals surface area contributed by atoms with Crippen molar-refractivity contribution in [1.82, 2.24) is 9.97 Å². The fourth-order valence-corrected chi connectivity index (χ4v) is 2.30. The molecule has 0 unspecified atom stereocenters. The Morgan fingerprint density at radius 3 is 2.88 bits per heavy atom. The molecule has 2 rings (SSSR count). The highest BCUT2D eigenvalue weighted by atomic mass is 32.2. The van der Waals surface area contributed by atoms with Gasteiger partial charge in [-0.1, -0.05) is 18.3 Å². The van der Waals surface area contributed by atoms with Crippen LogP contribution in [0.2, 0.25) is 0 Å². The summed E-state index contributed by atoms with van der Waals surface area (Å²) in [4.78, 5) is 7.26. The zero-order chi connectivity index (χ0) is 12.1. The third-order valence-corrected chi connectivity index (χ3v) is 3.42. The largest absolute Gasteiger partial charge is 0.348 e. The lowest BCUT2D eigenvalue weighted by molar-refractivity contribution is 1.11. The molecule has 0 aliphatic carbocycles. The predicted molar refractivity (Wildman–Crippen MR) is 70.1 cm³/mol. The van der Waals surface area contributed by atoms with E-state index in [0.717, 1.165) is 16.5 Å². The predicted octanol–water partition coefficient (Wildman–Crippen LogP) is 3.30. The fraction of sp³-hybridized carbons (Fsp3) is 0.0833. The second-order valence-electron chi connectivity index (χ2n) is 3.29. The smallest absolute Gasteiger partial charge is 0.121 e. The summed E-state index contributed by atoms with van der Waals surface area (Å²) < 4.78 is 0.492. The lowest BCUT2D eigenvalue weighted by Gasteiger charge is -2.01. The summed E-state index contributed by atoms with van der Waals surface area (Å²) in [5, 5.41) is 9.73. The van der Waals surface area contributed by atoms with E-state index in [1.54, 1.807) is 24.0 Å². The van der Waals surface area contributed by atoms with Gasteiger partial charge in [-0.15, -0.1) is 11.8 Å². The highest BCUT2D eigenvalue weighted by Crippen LogP contribution is 2.19. The topological polar surface area (TPSA) is 52.5 Å². The highest BCUT2D eigenvalue weighted by molar-refractivity contribution is 7.98. The summed E-state index contributed by atoms with van der Waals surface area (Å²) in [5.41, 5.74) is 1.50. The zero-order valence-corrected chi connectivity index (χ0v) is 10.5. The number of rotatable bonds is 3. The van der Waals surface area contributed by atoms with Gasteiger partial charge >= 0.3 is 0 Å². The molecule has 2 heterocycles. The van der Waals surface area contributed by atoms with Crippen LogP contribution in [0.15, 0.2) is 41.6 Å². The number of H-pyrrole nitrogens is 1. The van der Waals surface area contributed by atoms with Crippen LogP contribution in [0.25, 0.3) is 0 Å². The van der Waals surface area contributed by atoms with Crippen LogP contribution in [0, 0.1) is 16.0 Å². The number of hydrogen-bond acceptors (Lipinski definition) is 4. The van der Waals surface area contributed by atoms with Crippen LogP contribution in [0.4, 0.5) is 0 Å². The SMILES string of the molecule is N#Cc1ccc(CSc2ccccn2)[nH]c1=S. The van der Waals surface area contributed by atoms with Gasteiger partial charge in [-0.05, 0) is 24.3 Å². The number of nitrogens with one attached hydrogen (secondary N) is 1. The Kier molecular flexibility index (Phi) is 3.91. The molecule has 0 radical (unpaired) electrons. The molecule has 0 amide bonds. The zero-order valence-electron chi connectivity index (χ0n) is 8.88. The van der Waals surface area contributed by atoms with Crippen LogP contribution in [-0.2, 0) is 5.75 Å². The molecule has 0 bridgehead atoms. The molecule has 0 saturated carbocycles. The van der Waals surface area contributed by atoms with Gasteiger partial charge in [0.05, 0.1) is 10.6 Å². The van der Waals surface area contributed by atoms with E-state index in [2.05, 4.69) is 9.97 Å². The van der Waals surface area contributed by atoms with Crippen LogP contribution in [0.5, 0.6) is 0 Å². The molecule has 3 nitrogen and oxygen atoms in total. The quantitative estimate of drug-likeness (QED) is 0.678. The Morgan fingerprint density at radius 1 is 1.35 bits per heavy atom. The summed E-state index contributed by atoms with van der Waals surface area (Å²) in [5.74, 6) is 0.756. The average molecular weight is 259 g/mol. The molecular weight excluding hydrogens is 250 g/mol. The van der Waals surface area contributed by atoms with Crippen molar-refractivity contribution in [3.8, 4) is 6.07 Å². The maximum absolute atomic E-state index is 8.77. The molecule has 0 atom stereocenters. The molecule has 1 N–H and O–H groups in total. The molecule has 0 aliphatic rings. The molecule has 0 fully saturated rings. The van der Waals surface area contributed by atoms with Crippen molar-refractivity contribution < 1.29 is 0 Å². The van der Waals surface area contributed by atoms with E-state index >= 15 is 0 Å². The van der Waals surface area contributed by atoms with E-state index in [1.165, 1.54) is 0 Å². The summed E-state index contributed by atoms with van der Waals surface area (Å²) in [6, 6.07) is 11.5. The van der Waals surface area contributed by atoms with Crippen molar-refractivity contribution in [2.24, 2.45) is 0 Å². The summed E-state index contributed by atoms with van der Waals surface area (Å²) >= 11 is 6.69. The minimum absolute atomic E-state index is 0.492. The Balaban J connectivity index is 2.08. The summed E-state index contributed by atoms with van der Waals surface area (Å²) in [7, 11) is 0. The van der Waals surface area contributed by atoms with Gasteiger partial charge in [0.15, 0.2) is 0 Å². The summed E-state index contributed by atoms with van der Waals surface area (Å²) in [6.07, 6.45) is 1.77. The number of hydrogen-bond donors (Lipinski definition) is 1. The molecule has 2 aromatic rings. The van der Waals surface area contributed by atoms with Crippen LogP contribution in [0.1, 0.15) is 11.3 Å². The normalized spacial score (nSPS) is 9.82. The van der Waals surface area contributed by atoms with Gasteiger partial charge in [0.1, 0.15) is 10.7 Å². The van der Waals surface area contributed by atoms with Gasteiger partial charge in [0, 0.05) is 17.6 Å². The first-order chi connectivity index (χ1) is 8.29. The van der Waals surface area contributed by atoms with Crippen molar-refractivity contribution in [1.29, 1.82) is 5.26 Å². The first-order valence-corrected chi connectivity index (χ1v) is 6.35. The third kappa shape index (κ3) is 3.16. The minimum Gasteiger partial charge on any atom is -0.348 e. The molecule has 17 heavy (non-hydrogen) atoms. The Bertz CT molecular complexity index is 599. The number of nitriles is 1. The maximum atomic E-state index is 8.77. The van der Waals surface area contributed by atoms with Crippen molar-refractivity contribution in [2.75, 3.05) is 0 Å². The van der Waals surface area contributed by atoms with E-state index in [4.69, 9.17) is 17.5 Å². The molecule has 0 aromatic carbocycles. The van der Waals surface area contributed by atoms with Gasteiger partial charge in [0.25, 0.3) is 0 Å². The van der Waals surface area contributed by atoms with Gasteiger partial charge in [-0.2, -0.15) is 5.26 Å². The fourth-order valence-electron chi connectivity index (χ4n) is 1.27. The number of thioether (sulfide) groups is 1. The first kappa shape index (κ1) is 11.8. The summed E-state index contributed by atoms with van der Waals surface area (Å²) in [6.45, 7) is 0. The van der Waals surface area contributed by atoms with E-state index in [0.29, 0.717) is 10.2 Å². The third-order valence-electron chi connectivity index (χ3n) is 2.10. The van der Waals surface area contributed by atoms with Gasteiger partial charge in [-0.25, -0.2) is 4.98 Å². The Labute approximate surface area is 109 Å². The second-order valence-corrected chi connectivity index (χ2v) is 4.70. The monoisotopic (exact) mass is 259 g/mol. The van der Waals surface area contributed by atoms with Crippen LogP contribution in [0.3, 0.4) is 0 Å². The number of nitrogens with zero attached hydrogens (tertiary/aromatic N) is 2. The molecule has 0 saturated heterocycles. The first-order valence-electron chi connectivity index (χ1n) is 4.96. The van der Waals surface area contributed by atoms with Crippen molar-refractivity contribution in [3.63, 3.8) is 0 Å². The average Bonchev–Trinajstić information content (AvgIpc) is 2.38. The Hall–Kier alpha value is -1.64. The molecule has 0 aliphatic heterocycles. The Morgan fingerprint density at radius 2 is 2.24 bits per heavy atom. The lowest BCUT2D eigenvalue weighted by Crippen LogP contribution is -1.90. The van der Waals surface area contributed by atoms with Crippen LogP contribution >= 0.6 is 24.0 Å². The number of aromatic amines is 1. The van der Waals surface area contributed by atoms with E-state index in [9.17, 15) is 0 Å². The molecule has 2 aromatic heterocycles. The van der Waals surface area contributed by atoms with Crippen LogP contribution in [-0.4, -0.2) is 9.97 Å². The molecule has 5 heteroatoms. The highest BCUT2D eigenvalue weighted by Gasteiger charge is 1.99. The van der Waals surface area contributed by atoms with Gasteiger partial charge < -0.3 is 4.98 Å². The van der Waals surface area contributed by atoms with Crippen molar-refractivity contribution in [3.05, 3.63) is 52.4 Å². The lowest BCUT2D eigenvalue weighted by atomic mass is 10.3. The van der Waals surface area contributed by atoms with Crippen molar-refractivity contribution >= 4 is 24.0 Å². The number of pyridine rings is 2. The minimum atomic E-state index is 0.492. The van der Waals surface area contributed by atoms with E-state index in [-0.39, 0.29) is 0 Å². The molecule has 0 spiro atoms. The van der Waals surface area contributed by atoms with Crippen LogP contribution < -0.4 is 0 Å². The standard InChI is InChI=1S/C12H9N3S2/c13-7-9-4-5-10(15-12(9)16)8-17-11-3-1-2-6-14-11/h1-6H,8H2,(H,15,16).